The van der Waals surface area contributed by atoms with Crippen molar-refractivity contribution in [2.45, 2.75) is 13.8 Å². The Hall–Kier alpha value is -0.110. The average Bonchev–Trinajstić information content (AvgIpc) is 2.12. The van der Waals surface area contributed by atoms with Crippen LogP contribution in [0, 0.1) is 11.8 Å². The van der Waals surface area contributed by atoms with Crippen molar-refractivity contribution in [1.82, 2.24) is 5.32 Å². The van der Waals surface area contributed by atoms with Crippen LogP contribution in [-0.2, 0) is 0 Å². The highest BCUT2D eigenvalue weighted by atomic mass is 32.2. The fourth-order valence-corrected chi connectivity index (χ4v) is 1.18. The average molecular weight is 127 g/mol. The predicted molar refractivity (Wildman–Crippen MR) is 36.9 cm³/mol. The van der Waals surface area contributed by atoms with Crippen LogP contribution >= 0.6 is 11.8 Å². The minimum absolute atomic E-state index is 0.609. The highest BCUT2D eigenvalue weighted by Gasteiger charge is 2.06. The third-order valence-corrected chi connectivity index (χ3v) is 1.65. The molecule has 0 atom stereocenters. The molecule has 8 heavy (non-hydrogen) atoms. The molecule has 1 rings (SSSR count). The van der Waals surface area contributed by atoms with Crippen LogP contribution in [-0.4, -0.2) is 0 Å². The molecule has 1 aliphatic rings. The molecule has 0 aliphatic carbocycles. The second-order valence-electron chi connectivity index (χ2n) is 2.07. The summed E-state index contributed by atoms with van der Waals surface area (Å²) in [6.45, 7) is 4.32. The first-order chi connectivity index (χ1) is 3.80. The Morgan fingerprint density at radius 3 is 2.75 bits per heavy atom. The normalized spacial score (nSPS) is 18.6. The molecular weight excluding hydrogens is 118 g/mol. The van der Waals surface area contributed by atoms with Crippen LogP contribution in [0.5, 0.6) is 0 Å². The van der Waals surface area contributed by atoms with Crippen LogP contribution in [0.4, 0.5) is 0 Å². The highest BCUT2D eigenvalue weighted by molar-refractivity contribution is 8.04. The van der Waals surface area contributed by atoms with Crippen molar-refractivity contribution in [3.63, 3.8) is 0 Å². The second-order valence-corrected chi connectivity index (χ2v) is 2.75. The van der Waals surface area contributed by atoms with Gasteiger partial charge in [-0.2, -0.15) is 0 Å². The van der Waals surface area contributed by atoms with Gasteiger partial charge in [0.1, 0.15) is 0 Å². The number of rotatable bonds is 1. The van der Waals surface area contributed by atoms with Crippen molar-refractivity contribution >= 4 is 11.8 Å². The number of hydrogen-bond acceptors (Lipinski definition) is 2. The van der Waals surface area contributed by atoms with E-state index in [-0.39, 0.29) is 0 Å². The van der Waals surface area contributed by atoms with Crippen molar-refractivity contribution < 1.29 is 0 Å². The van der Waals surface area contributed by atoms with Crippen molar-refractivity contribution in [2.24, 2.45) is 5.92 Å². The summed E-state index contributed by atoms with van der Waals surface area (Å²) in [4.78, 5) is 0. The molecule has 0 saturated heterocycles. The molecule has 1 heterocycles. The van der Waals surface area contributed by atoms with Crippen LogP contribution < -0.4 is 5.32 Å². The summed E-state index contributed by atoms with van der Waals surface area (Å²) in [5, 5.41) is 5.12. The molecular formula is C6H9NS. The van der Waals surface area contributed by atoms with E-state index < -0.39 is 0 Å². The minimum Gasteiger partial charge on any atom is -0.368 e. The maximum atomic E-state index is 3.03. The molecule has 0 bridgehead atoms. The van der Waals surface area contributed by atoms with E-state index in [2.05, 4.69) is 30.4 Å². The molecule has 1 aliphatic heterocycles. The Labute approximate surface area is 54.5 Å². The van der Waals surface area contributed by atoms with Crippen LogP contribution in [0.2, 0.25) is 0 Å². The second kappa shape index (κ2) is 2.44. The molecule has 0 aromatic rings. The molecule has 0 fully saturated rings. The van der Waals surface area contributed by atoms with Gasteiger partial charge in [0.05, 0.1) is 0 Å². The van der Waals surface area contributed by atoms with Gasteiger partial charge in [-0.15, -0.1) is 0 Å². The van der Waals surface area contributed by atoms with E-state index in [4.69, 9.17) is 0 Å². The molecule has 0 spiro atoms. The number of nitrogens with one attached hydrogen (secondary N) is 1. The maximum Gasteiger partial charge on any atom is 0.160 e. The third-order valence-electron chi connectivity index (χ3n) is 1.06. The van der Waals surface area contributed by atoms with Gasteiger partial charge in [0, 0.05) is 5.70 Å². The molecule has 0 aromatic heterocycles. The molecule has 0 unspecified atom stereocenters. The highest BCUT2D eigenvalue weighted by Crippen LogP contribution is 2.21. The molecule has 2 radical (unpaired) electrons. The van der Waals surface area contributed by atoms with Crippen LogP contribution in [0.3, 0.4) is 0 Å². The van der Waals surface area contributed by atoms with E-state index >= 15 is 0 Å². The minimum atomic E-state index is 0.609. The van der Waals surface area contributed by atoms with E-state index in [1.165, 1.54) is 5.70 Å². The zero-order valence-electron chi connectivity index (χ0n) is 5.06. The standard InChI is InChI=1S/C6H9NS/c1-5(2)6-3-8-4-7-6/h3,5,7H,1-2H3. The maximum absolute atomic E-state index is 3.03. The lowest BCUT2D eigenvalue weighted by Gasteiger charge is -2.03. The van der Waals surface area contributed by atoms with E-state index in [0.29, 0.717) is 5.92 Å². The molecule has 0 saturated carbocycles. The summed E-state index contributed by atoms with van der Waals surface area (Å²) in [5.41, 5.74) is 1.27. The lowest BCUT2D eigenvalue weighted by molar-refractivity contribution is 0.717. The van der Waals surface area contributed by atoms with Gasteiger partial charge in [0.2, 0.25) is 0 Å². The summed E-state index contributed by atoms with van der Waals surface area (Å²) in [7, 11) is 0. The van der Waals surface area contributed by atoms with Crippen molar-refractivity contribution in [3.8, 4) is 0 Å². The van der Waals surface area contributed by atoms with E-state index in [0.717, 1.165) is 0 Å². The van der Waals surface area contributed by atoms with Gasteiger partial charge in [0.25, 0.3) is 0 Å². The number of thioether (sulfide) groups is 1. The SMILES string of the molecule is CC(C)C1=CS[C]N1. The van der Waals surface area contributed by atoms with Gasteiger partial charge in [0.15, 0.2) is 5.88 Å². The fraction of sp³-hybridized carbons (Fsp3) is 0.500. The largest absolute Gasteiger partial charge is 0.368 e. The molecule has 44 valence electrons. The van der Waals surface area contributed by atoms with E-state index in [9.17, 15) is 0 Å². The van der Waals surface area contributed by atoms with Crippen LogP contribution in [0.15, 0.2) is 11.1 Å². The van der Waals surface area contributed by atoms with Crippen LogP contribution in [0.1, 0.15) is 13.8 Å². The molecule has 1 N–H and O–H groups in total. The lowest BCUT2D eigenvalue weighted by Crippen LogP contribution is -2.07. The monoisotopic (exact) mass is 127 g/mol. The zero-order chi connectivity index (χ0) is 5.98. The molecule has 2 heteroatoms. The summed E-state index contributed by atoms with van der Waals surface area (Å²) in [6.07, 6.45) is 0. The predicted octanol–water partition coefficient (Wildman–Crippen LogP) is 1.82. The zero-order valence-corrected chi connectivity index (χ0v) is 5.88. The Morgan fingerprint density at radius 1 is 1.75 bits per heavy atom. The van der Waals surface area contributed by atoms with Crippen molar-refractivity contribution in [2.75, 3.05) is 0 Å². The Bertz CT molecular complexity index is 107. The third kappa shape index (κ3) is 1.19. The van der Waals surface area contributed by atoms with Gasteiger partial charge in [-0.25, -0.2) is 0 Å². The Morgan fingerprint density at radius 2 is 2.50 bits per heavy atom. The number of allylic oxidation sites excluding steroid dienone is 1. The topological polar surface area (TPSA) is 12.0 Å². The van der Waals surface area contributed by atoms with Gasteiger partial charge in [-0.1, -0.05) is 25.6 Å². The number of hydrogen-bond donors (Lipinski definition) is 1. The van der Waals surface area contributed by atoms with Crippen molar-refractivity contribution in [3.05, 3.63) is 17.0 Å². The summed E-state index contributed by atoms with van der Waals surface area (Å²) in [6, 6.07) is 0. The first-order valence-electron chi connectivity index (χ1n) is 2.67. The Kier molecular flexibility index (Phi) is 1.84. The fourth-order valence-electron chi connectivity index (χ4n) is 0.491. The molecule has 0 aromatic carbocycles. The quantitative estimate of drug-likeness (QED) is 0.576. The summed E-state index contributed by atoms with van der Waals surface area (Å²) < 4.78 is 0. The van der Waals surface area contributed by atoms with Gasteiger partial charge in [-0.3, -0.25) is 0 Å². The smallest absolute Gasteiger partial charge is 0.160 e. The van der Waals surface area contributed by atoms with Crippen molar-refractivity contribution in [1.29, 1.82) is 0 Å². The van der Waals surface area contributed by atoms with Gasteiger partial charge < -0.3 is 5.32 Å². The van der Waals surface area contributed by atoms with E-state index in [1.807, 2.05) is 0 Å². The van der Waals surface area contributed by atoms with Crippen LogP contribution in [0.25, 0.3) is 0 Å². The van der Waals surface area contributed by atoms with Gasteiger partial charge >= 0.3 is 0 Å². The lowest BCUT2D eigenvalue weighted by atomic mass is 10.2. The first kappa shape index (κ1) is 6.02. The summed E-state index contributed by atoms with van der Waals surface area (Å²) in [5.74, 6) is 3.54. The first-order valence-corrected chi connectivity index (χ1v) is 3.55. The summed E-state index contributed by atoms with van der Waals surface area (Å²) >= 11 is 1.59. The Balaban J connectivity index is 2.45. The molecule has 1 nitrogen and oxygen atoms in total. The van der Waals surface area contributed by atoms with Gasteiger partial charge in [-0.05, 0) is 11.3 Å². The van der Waals surface area contributed by atoms with E-state index in [1.54, 1.807) is 11.8 Å². The molecule has 0 amide bonds.